The van der Waals surface area contributed by atoms with Crippen LogP contribution < -0.4 is 5.73 Å². The number of hydrogen-bond acceptors (Lipinski definition) is 6. The number of nitrogens with zero attached hydrogens (tertiary/aromatic N) is 6. The Bertz CT molecular complexity index is 1080. The molecule has 0 saturated heterocycles. The molecule has 114 valence electrons. The van der Waals surface area contributed by atoms with Crippen molar-refractivity contribution in [3.05, 3.63) is 60.6 Å². The third-order valence-electron chi connectivity index (χ3n) is 3.64. The van der Waals surface area contributed by atoms with Gasteiger partial charge in [0.2, 0.25) is 0 Å². The lowest BCUT2D eigenvalue weighted by Gasteiger charge is -2.03. The molecule has 4 rings (SSSR count). The molecule has 24 heavy (non-hydrogen) atoms. The van der Waals surface area contributed by atoms with Crippen molar-refractivity contribution < 1.29 is 0 Å². The van der Waals surface area contributed by atoms with Crippen LogP contribution in [0.5, 0.6) is 0 Å². The highest BCUT2D eigenvalue weighted by Crippen LogP contribution is 2.34. The van der Waals surface area contributed by atoms with E-state index >= 15 is 0 Å². The second-order valence-corrected chi connectivity index (χ2v) is 5.17. The van der Waals surface area contributed by atoms with E-state index in [1.54, 1.807) is 41.3 Å². The summed E-state index contributed by atoms with van der Waals surface area (Å²) in [5.41, 5.74) is 10.2. The van der Waals surface area contributed by atoms with Crippen molar-refractivity contribution in [1.82, 2.24) is 24.8 Å². The number of nitriles is 1. The smallest absolute Gasteiger partial charge is 0.165 e. The third kappa shape index (κ3) is 2.23. The van der Waals surface area contributed by atoms with Crippen molar-refractivity contribution in [2.75, 3.05) is 5.73 Å². The Hall–Kier alpha value is -3.79. The molecule has 0 saturated carbocycles. The van der Waals surface area contributed by atoms with Crippen LogP contribution in [0.25, 0.3) is 28.0 Å². The van der Waals surface area contributed by atoms with Crippen LogP contribution in [-0.4, -0.2) is 24.8 Å². The maximum Gasteiger partial charge on any atom is 0.165 e. The number of fused-ring (bicyclic) bond motifs is 1. The predicted octanol–water partition coefficient (Wildman–Crippen LogP) is 2.31. The highest BCUT2D eigenvalue weighted by Gasteiger charge is 2.18. The van der Waals surface area contributed by atoms with Crippen LogP contribution >= 0.6 is 0 Å². The van der Waals surface area contributed by atoms with Crippen LogP contribution in [0.2, 0.25) is 0 Å². The summed E-state index contributed by atoms with van der Waals surface area (Å²) < 4.78 is 1.67. The Labute approximate surface area is 137 Å². The van der Waals surface area contributed by atoms with E-state index in [9.17, 15) is 0 Å². The van der Waals surface area contributed by atoms with Gasteiger partial charge in [-0.3, -0.25) is 0 Å². The van der Waals surface area contributed by atoms with E-state index in [2.05, 4.69) is 26.3 Å². The molecule has 4 aromatic rings. The molecule has 0 bridgehead atoms. The summed E-state index contributed by atoms with van der Waals surface area (Å²) in [4.78, 5) is 4.41. The summed E-state index contributed by atoms with van der Waals surface area (Å²) in [5.74, 6) is 0.406. The molecule has 7 nitrogen and oxygen atoms in total. The Kier molecular flexibility index (Phi) is 3.14. The Morgan fingerprint density at radius 3 is 2.79 bits per heavy atom. The van der Waals surface area contributed by atoms with Crippen LogP contribution in [0.3, 0.4) is 0 Å². The van der Waals surface area contributed by atoms with Gasteiger partial charge in [-0.15, -0.1) is 0 Å². The number of rotatable bonds is 2. The van der Waals surface area contributed by atoms with Gasteiger partial charge in [0.25, 0.3) is 0 Å². The second-order valence-electron chi connectivity index (χ2n) is 5.17. The molecule has 1 aromatic carbocycles. The van der Waals surface area contributed by atoms with E-state index in [0.717, 1.165) is 16.7 Å². The minimum atomic E-state index is 0.406. The Morgan fingerprint density at radius 2 is 2.00 bits per heavy atom. The van der Waals surface area contributed by atoms with Crippen molar-refractivity contribution in [3.8, 4) is 28.5 Å². The highest BCUT2D eigenvalue weighted by molar-refractivity contribution is 5.90. The van der Waals surface area contributed by atoms with E-state index in [0.29, 0.717) is 22.7 Å². The van der Waals surface area contributed by atoms with Crippen molar-refractivity contribution in [1.29, 1.82) is 5.26 Å². The number of aromatic nitrogens is 5. The molecule has 7 heteroatoms. The molecule has 0 radical (unpaired) electrons. The topological polar surface area (TPSA) is 106 Å². The van der Waals surface area contributed by atoms with Crippen molar-refractivity contribution in [2.45, 2.75) is 0 Å². The average Bonchev–Trinajstić information content (AvgIpc) is 3.01. The van der Waals surface area contributed by atoms with Crippen molar-refractivity contribution >= 4 is 11.5 Å². The van der Waals surface area contributed by atoms with Crippen LogP contribution in [0, 0.1) is 11.3 Å². The first-order valence-electron chi connectivity index (χ1n) is 7.19. The Balaban J connectivity index is 2.06. The zero-order valence-corrected chi connectivity index (χ0v) is 12.5. The largest absolute Gasteiger partial charge is 0.384 e. The molecular weight excluding hydrogens is 302 g/mol. The van der Waals surface area contributed by atoms with Gasteiger partial charge in [0.05, 0.1) is 29.6 Å². The van der Waals surface area contributed by atoms with E-state index in [1.807, 2.05) is 18.2 Å². The van der Waals surface area contributed by atoms with E-state index in [4.69, 9.17) is 11.0 Å². The molecule has 0 fully saturated rings. The van der Waals surface area contributed by atoms with Gasteiger partial charge >= 0.3 is 0 Å². The number of benzene rings is 1. The van der Waals surface area contributed by atoms with Crippen molar-refractivity contribution in [3.63, 3.8) is 0 Å². The zero-order valence-electron chi connectivity index (χ0n) is 12.5. The lowest BCUT2D eigenvalue weighted by molar-refractivity contribution is 0.945. The van der Waals surface area contributed by atoms with Crippen LogP contribution in [0.15, 0.2) is 55.0 Å². The molecule has 0 aliphatic rings. The first-order valence-corrected chi connectivity index (χ1v) is 7.19. The van der Waals surface area contributed by atoms with Gasteiger partial charge < -0.3 is 5.73 Å². The van der Waals surface area contributed by atoms with Crippen LogP contribution in [-0.2, 0) is 0 Å². The average molecular weight is 313 g/mol. The Morgan fingerprint density at radius 1 is 1.08 bits per heavy atom. The van der Waals surface area contributed by atoms with E-state index < -0.39 is 0 Å². The molecule has 3 heterocycles. The lowest BCUT2D eigenvalue weighted by Crippen LogP contribution is -1.95. The fourth-order valence-electron chi connectivity index (χ4n) is 2.59. The second kappa shape index (κ2) is 5.44. The lowest BCUT2D eigenvalue weighted by atomic mass is 10.0. The molecular formula is C17H11N7. The van der Waals surface area contributed by atoms with Gasteiger partial charge in [-0.2, -0.15) is 20.6 Å². The molecule has 0 spiro atoms. The summed E-state index contributed by atoms with van der Waals surface area (Å²) in [5, 5.41) is 21.5. The van der Waals surface area contributed by atoms with Crippen LogP contribution in [0.4, 0.5) is 5.82 Å². The van der Waals surface area contributed by atoms with Gasteiger partial charge in [0.1, 0.15) is 11.5 Å². The fraction of sp³-hybridized carbons (Fsp3) is 0. The fourth-order valence-corrected chi connectivity index (χ4v) is 2.59. The monoisotopic (exact) mass is 313 g/mol. The van der Waals surface area contributed by atoms with Gasteiger partial charge in [0, 0.05) is 17.3 Å². The van der Waals surface area contributed by atoms with E-state index in [1.165, 1.54) is 0 Å². The SMILES string of the molecule is N#Cc1cccc(-c2nn3ccc(N)nc3c2-c2ccnnc2)c1. The minimum Gasteiger partial charge on any atom is -0.384 e. The standard InChI is InChI=1S/C17H11N7/c18-9-11-2-1-3-12(8-11)16-15(13-4-6-20-21-10-13)17-22-14(19)5-7-24(17)23-16/h1-8,10H,(H2,19,22). The molecule has 0 amide bonds. The summed E-state index contributed by atoms with van der Waals surface area (Å²) in [6.07, 6.45) is 5.02. The summed E-state index contributed by atoms with van der Waals surface area (Å²) in [6, 6.07) is 13.0. The maximum absolute atomic E-state index is 9.15. The molecule has 0 unspecified atom stereocenters. The summed E-state index contributed by atoms with van der Waals surface area (Å²) >= 11 is 0. The van der Waals surface area contributed by atoms with Crippen LogP contribution in [0.1, 0.15) is 5.56 Å². The van der Waals surface area contributed by atoms with E-state index in [-0.39, 0.29) is 0 Å². The first kappa shape index (κ1) is 13.8. The molecule has 0 aliphatic carbocycles. The molecule has 3 aromatic heterocycles. The van der Waals surface area contributed by atoms with Crippen molar-refractivity contribution in [2.24, 2.45) is 0 Å². The van der Waals surface area contributed by atoms with Gasteiger partial charge in [-0.05, 0) is 24.3 Å². The molecule has 0 atom stereocenters. The highest BCUT2D eigenvalue weighted by atomic mass is 15.3. The first-order chi connectivity index (χ1) is 11.8. The van der Waals surface area contributed by atoms with Gasteiger partial charge in [0.15, 0.2) is 5.65 Å². The maximum atomic E-state index is 9.15. The van der Waals surface area contributed by atoms with Gasteiger partial charge in [-0.25, -0.2) is 9.50 Å². The predicted molar refractivity (Wildman–Crippen MR) is 88.6 cm³/mol. The molecule has 0 aliphatic heterocycles. The minimum absolute atomic E-state index is 0.406. The van der Waals surface area contributed by atoms with Gasteiger partial charge in [-0.1, -0.05) is 12.1 Å². The quantitative estimate of drug-likeness (QED) is 0.608. The number of nitrogen functional groups attached to an aromatic ring is 1. The normalized spacial score (nSPS) is 10.6. The third-order valence-corrected chi connectivity index (χ3v) is 3.64. The zero-order chi connectivity index (χ0) is 16.5. The number of nitrogens with two attached hydrogens (primary N) is 1. The number of anilines is 1. The summed E-state index contributed by atoms with van der Waals surface area (Å²) in [6.45, 7) is 0. The summed E-state index contributed by atoms with van der Waals surface area (Å²) in [7, 11) is 0. The molecule has 2 N–H and O–H groups in total. The number of hydrogen-bond donors (Lipinski definition) is 1.